The zero-order chi connectivity index (χ0) is 15.4. The maximum Gasteiger partial charge on any atom is 0.254 e. The summed E-state index contributed by atoms with van der Waals surface area (Å²) in [5, 5.41) is 19.8. The molecule has 1 amide bonds. The van der Waals surface area contributed by atoms with Crippen molar-refractivity contribution < 1.29 is 19.7 Å². The van der Waals surface area contributed by atoms with Crippen LogP contribution >= 0.6 is 0 Å². The quantitative estimate of drug-likeness (QED) is 0.679. The summed E-state index contributed by atoms with van der Waals surface area (Å²) >= 11 is 0. The van der Waals surface area contributed by atoms with Gasteiger partial charge in [0.25, 0.3) is 5.91 Å². The first kappa shape index (κ1) is 14.9. The Labute approximate surface area is 131 Å². The molecule has 0 saturated carbocycles. The molecule has 0 spiro atoms. The predicted molar refractivity (Wildman–Crippen MR) is 79.1 cm³/mol. The number of aliphatic hydroxyl groups excluding tert-OH is 2. The van der Waals surface area contributed by atoms with Gasteiger partial charge in [0, 0.05) is 38.8 Å². The fourth-order valence-corrected chi connectivity index (χ4v) is 5.27. The molecule has 0 aliphatic carbocycles. The van der Waals surface area contributed by atoms with Gasteiger partial charge in [-0.05, 0) is 37.5 Å². The van der Waals surface area contributed by atoms with Gasteiger partial charge in [0.15, 0.2) is 6.10 Å². The molecule has 4 saturated heterocycles. The van der Waals surface area contributed by atoms with Crippen molar-refractivity contribution in [2.45, 2.75) is 56.1 Å². The number of ether oxygens (including phenoxy) is 1. The van der Waals surface area contributed by atoms with Gasteiger partial charge in [-0.1, -0.05) is 0 Å². The molecule has 4 aliphatic heterocycles. The summed E-state index contributed by atoms with van der Waals surface area (Å²) in [6.45, 7) is 2.80. The molecule has 6 heteroatoms. The summed E-state index contributed by atoms with van der Waals surface area (Å²) in [5.74, 6) is 0.630. The van der Waals surface area contributed by atoms with Gasteiger partial charge in [-0.3, -0.25) is 9.69 Å². The Kier molecular flexibility index (Phi) is 3.68. The highest BCUT2D eigenvalue weighted by Crippen LogP contribution is 2.43. The number of hydrogen-bond acceptors (Lipinski definition) is 5. The minimum absolute atomic E-state index is 0.100. The van der Waals surface area contributed by atoms with Crippen LogP contribution in [0.4, 0.5) is 0 Å². The van der Waals surface area contributed by atoms with E-state index in [0.717, 1.165) is 38.9 Å². The van der Waals surface area contributed by atoms with Gasteiger partial charge in [0.2, 0.25) is 0 Å². The summed E-state index contributed by atoms with van der Waals surface area (Å²) < 4.78 is 5.56. The van der Waals surface area contributed by atoms with E-state index in [2.05, 4.69) is 4.90 Å². The molecule has 4 aliphatic rings. The molecule has 4 rings (SSSR count). The standard InChI is InChI=1S/C16H26N2O4/c1-22-11-2-3-17-7-9-4-10(12(17)5-11)8-18-13(9)6-14(19)15(20)16(18)21/h9-15,19-20H,2-8H2,1H3/t9-,10-,11+,12-,13+,14+,15-/m0/s1. The van der Waals surface area contributed by atoms with E-state index in [0.29, 0.717) is 30.4 Å². The minimum atomic E-state index is -1.23. The van der Waals surface area contributed by atoms with Gasteiger partial charge in [-0.15, -0.1) is 0 Å². The summed E-state index contributed by atoms with van der Waals surface area (Å²) in [5.41, 5.74) is 0. The minimum Gasteiger partial charge on any atom is -0.390 e. The molecule has 0 aromatic heterocycles. The number of hydrogen-bond donors (Lipinski definition) is 2. The molecule has 124 valence electrons. The summed E-state index contributed by atoms with van der Waals surface area (Å²) in [6.07, 6.45) is 1.98. The molecule has 0 unspecified atom stereocenters. The Morgan fingerprint density at radius 2 is 1.86 bits per heavy atom. The summed E-state index contributed by atoms with van der Waals surface area (Å²) in [4.78, 5) is 16.8. The van der Waals surface area contributed by atoms with Crippen molar-refractivity contribution >= 4 is 5.91 Å². The SMILES string of the molecule is CO[C@@H]1CCN2C[C@@H]3C[C@@H](CN4C(=O)[C@@H](O)[C@H](O)C[C@H]34)[C@@H]2C1. The monoisotopic (exact) mass is 310 g/mol. The number of carbonyl (C=O) groups excluding carboxylic acids is 1. The summed E-state index contributed by atoms with van der Waals surface area (Å²) in [7, 11) is 1.79. The average molecular weight is 310 g/mol. The molecule has 2 bridgehead atoms. The Morgan fingerprint density at radius 3 is 2.64 bits per heavy atom. The van der Waals surface area contributed by atoms with Crippen LogP contribution in [0.3, 0.4) is 0 Å². The Balaban J connectivity index is 1.56. The fraction of sp³-hybridized carbons (Fsp3) is 0.938. The molecule has 4 fully saturated rings. The van der Waals surface area contributed by atoms with Crippen LogP contribution in [-0.4, -0.2) is 83.1 Å². The molecule has 0 aromatic carbocycles. The fourth-order valence-electron chi connectivity index (χ4n) is 5.27. The van der Waals surface area contributed by atoms with Gasteiger partial charge in [-0.2, -0.15) is 0 Å². The van der Waals surface area contributed by atoms with Gasteiger partial charge in [0.05, 0.1) is 12.2 Å². The highest BCUT2D eigenvalue weighted by atomic mass is 16.5. The van der Waals surface area contributed by atoms with Gasteiger partial charge in [-0.25, -0.2) is 0 Å². The molecular weight excluding hydrogens is 284 g/mol. The molecule has 0 aromatic rings. The Morgan fingerprint density at radius 1 is 1.09 bits per heavy atom. The summed E-state index contributed by atoms with van der Waals surface area (Å²) in [6, 6.07) is 0.593. The van der Waals surface area contributed by atoms with E-state index in [-0.39, 0.29) is 11.9 Å². The number of aliphatic hydroxyl groups is 2. The largest absolute Gasteiger partial charge is 0.390 e. The highest BCUT2D eigenvalue weighted by Gasteiger charge is 2.52. The first-order valence-electron chi connectivity index (χ1n) is 8.52. The van der Waals surface area contributed by atoms with Gasteiger partial charge in [0.1, 0.15) is 0 Å². The number of amides is 1. The van der Waals surface area contributed by atoms with Crippen LogP contribution in [-0.2, 0) is 9.53 Å². The highest BCUT2D eigenvalue weighted by molar-refractivity contribution is 5.82. The van der Waals surface area contributed by atoms with Crippen LogP contribution < -0.4 is 0 Å². The second-order valence-corrected chi connectivity index (χ2v) is 7.51. The number of carbonyl (C=O) groups is 1. The smallest absolute Gasteiger partial charge is 0.254 e. The van der Waals surface area contributed by atoms with Crippen molar-refractivity contribution in [3.05, 3.63) is 0 Å². The Bertz CT molecular complexity index is 459. The first-order valence-corrected chi connectivity index (χ1v) is 8.52. The van der Waals surface area contributed by atoms with Crippen molar-refractivity contribution in [1.82, 2.24) is 9.80 Å². The second kappa shape index (κ2) is 5.44. The van der Waals surface area contributed by atoms with E-state index in [1.807, 2.05) is 4.90 Å². The molecule has 4 heterocycles. The van der Waals surface area contributed by atoms with Crippen LogP contribution in [0.2, 0.25) is 0 Å². The van der Waals surface area contributed by atoms with Crippen molar-refractivity contribution in [2.75, 3.05) is 26.7 Å². The molecule has 7 atom stereocenters. The average Bonchev–Trinajstić information content (AvgIpc) is 2.54. The lowest BCUT2D eigenvalue weighted by molar-refractivity contribution is -0.173. The van der Waals surface area contributed by atoms with Crippen molar-refractivity contribution in [2.24, 2.45) is 11.8 Å². The van der Waals surface area contributed by atoms with Crippen molar-refractivity contribution in [3.63, 3.8) is 0 Å². The lowest BCUT2D eigenvalue weighted by atomic mass is 9.70. The first-order chi connectivity index (χ1) is 10.6. The van der Waals surface area contributed by atoms with E-state index in [9.17, 15) is 15.0 Å². The maximum absolute atomic E-state index is 12.4. The van der Waals surface area contributed by atoms with E-state index >= 15 is 0 Å². The normalized spacial score (nSPS) is 48.8. The number of piperidine rings is 4. The zero-order valence-electron chi connectivity index (χ0n) is 13.1. The van der Waals surface area contributed by atoms with E-state index in [4.69, 9.17) is 4.74 Å². The van der Waals surface area contributed by atoms with Gasteiger partial charge >= 0.3 is 0 Å². The van der Waals surface area contributed by atoms with Crippen LogP contribution in [0.1, 0.15) is 25.7 Å². The number of fused-ring (bicyclic) bond motifs is 6. The second-order valence-electron chi connectivity index (χ2n) is 7.51. The van der Waals surface area contributed by atoms with Crippen LogP contribution in [0.25, 0.3) is 0 Å². The van der Waals surface area contributed by atoms with E-state index in [1.165, 1.54) is 0 Å². The third kappa shape index (κ3) is 2.19. The van der Waals surface area contributed by atoms with E-state index in [1.54, 1.807) is 7.11 Å². The van der Waals surface area contributed by atoms with Crippen LogP contribution in [0.15, 0.2) is 0 Å². The Hall–Kier alpha value is -0.690. The number of rotatable bonds is 1. The zero-order valence-corrected chi connectivity index (χ0v) is 13.1. The van der Waals surface area contributed by atoms with Crippen molar-refractivity contribution in [3.8, 4) is 0 Å². The third-order valence-corrected chi connectivity index (χ3v) is 6.42. The molecule has 2 N–H and O–H groups in total. The van der Waals surface area contributed by atoms with E-state index < -0.39 is 12.2 Å². The van der Waals surface area contributed by atoms with Crippen molar-refractivity contribution in [1.29, 1.82) is 0 Å². The lowest BCUT2D eigenvalue weighted by Crippen LogP contribution is -2.68. The third-order valence-electron chi connectivity index (χ3n) is 6.42. The van der Waals surface area contributed by atoms with Crippen LogP contribution in [0.5, 0.6) is 0 Å². The molecular formula is C16H26N2O4. The molecule has 6 nitrogen and oxygen atoms in total. The maximum atomic E-state index is 12.4. The topological polar surface area (TPSA) is 73.2 Å². The predicted octanol–water partition coefficient (Wildman–Crippen LogP) is -0.562. The number of methoxy groups -OCH3 is 1. The molecule has 22 heavy (non-hydrogen) atoms. The number of nitrogens with zero attached hydrogens (tertiary/aromatic N) is 2. The van der Waals surface area contributed by atoms with Gasteiger partial charge < -0.3 is 19.8 Å². The van der Waals surface area contributed by atoms with Crippen LogP contribution in [0, 0.1) is 11.8 Å². The molecule has 0 radical (unpaired) electrons. The lowest BCUT2D eigenvalue weighted by Gasteiger charge is -2.58.